The summed E-state index contributed by atoms with van der Waals surface area (Å²) in [4.78, 5) is 40.9. The van der Waals surface area contributed by atoms with Crippen LogP contribution in [-0.2, 0) is 27.3 Å². The Bertz CT molecular complexity index is 1240. The molecule has 2 aromatic rings. The van der Waals surface area contributed by atoms with Gasteiger partial charge in [0.25, 0.3) is 0 Å². The van der Waals surface area contributed by atoms with Crippen molar-refractivity contribution in [1.29, 1.82) is 0 Å². The van der Waals surface area contributed by atoms with Crippen LogP contribution in [0.4, 0.5) is 8.78 Å². The second-order valence-electron chi connectivity index (χ2n) is 11.0. The number of hydrogen-bond acceptors (Lipinski definition) is 6. The number of hydrogen-bond donors (Lipinski definition) is 4. The van der Waals surface area contributed by atoms with Gasteiger partial charge in [0.15, 0.2) is 0 Å². The summed E-state index contributed by atoms with van der Waals surface area (Å²) in [5.41, 5.74) is 11.1. The van der Waals surface area contributed by atoms with Crippen molar-refractivity contribution in [2.24, 2.45) is 34.6 Å². The normalized spacial score (nSPS) is 20.9. The number of methoxy groups -OCH3 is 1. The van der Waals surface area contributed by atoms with Crippen LogP contribution in [0.25, 0.3) is 0 Å². The minimum absolute atomic E-state index is 0.0430. The second-order valence-corrected chi connectivity index (χ2v) is 11.0. The third-order valence-corrected chi connectivity index (χ3v) is 8.16. The zero-order chi connectivity index (χ0) is 31.0. The molecular formula is C31H42F2N4O5. The summed E-state index contributed by atoms with van der Waals surface area (Å²) in [5.74, 6) is -6.03. The van der Waals surface area contributed by atoms with Gasteiger partial charge >= 0.3 is 0 Å². The van der Waals surface area contributed by atoms with E-state index in [0.717, 1.165) is 36.6 Å². The minimum Gasteiger partial charge on any atom is -0.497 e. The number of nitrogens with one attached hydrogen (secondary N) is 1. The number of nitrogens with two attached hydrogens (primary N) is 2. The lowest BCUT2D eigenvalue weighted by atomic mass is 9.76. The Hall–Kier alpha value is -3.57. The van der Waals surface area contributed by atoms with Crippen molar-refractivity contribution in [3.63, 3.8) is 0 Å². The van der Waals surface area contributed by atoms with Crippen LogP contribution in [0.1, 0.15) is 44.2 Å². The van der Waals surface area contributed by atoms with Crippen LogP contribution >= 0.6 is 0 Å². The molecule has 0 heterocycles. The van der Waals surface area contributed by atoms with Gasteiger partial charge in [-0.05, 0) is 60.6 Å². The maximum absolute atomic E-state index is 14.1. The monoisotopic (exact) mass is 588 g/mol. The molecule has 1 saturated carbocycles. The van der Waals surface area contributed by atoms with Crippen LogP contribution in [0.2, 0.25) is 0 Å². The molecule has 42 heavy (non-hydrogen) atoms. The highest BCUT2D eigenvalue weighted by Crippen LogP contribution is 2.66. The zero-order valence-electron chi connectivity index (χ0n) is 24.4. The predicted molar refractivity (Wildman–Crippen MR) is 154 cm³/mol. The molecule has 5 atom stereocenters. The Labute approximate surface area is 245 Å². The molecule has 0 bridgehead atoms. The van der Waals surface area contributed by atoms with Crippen LogP contribution in [-0.4, -0.2) is 60.6 Å². The molecule has 230 valence electrons. The molecule has 0 saturated heterocycles. The minimum atomic E-state index is -1.69. The lowest BCUT2D eigenvalue weighted by Gasteiger charge is -2.32. The largest absolute Gasteiger partial charge is 0.497 e. The Morgan fingerprint density at radius 1 is 1.05 bits per heavy atom. The summed E-state index contributed by atoms with van der Waals surface area (Å²) in [6.45, 7) is 5.19. The summed E-state index contributed by atoms with van der Waals surface area (Å²) in [5, 5.41) is 14.6. The summed E-state index contributed by atoms with van der Waals surface area (Å²) in [6, 6.07) is 10.2. The average molecular weight is 589 g/mol. The van der Waals surface area contributed by atoms with Gasteiger partial charge in [-0.3, -0.25) is 14.4 Å². The van der Waals surface area contributed by atoms with E-state index in [-0.39, 0.29) is 30.9 Å². The van der Waals surface area contributed by atoms with Crippen molar-refractivity contribution in [3.8, 4) is 5.75 Å². The number of benzene rings is 2. The van der Waals surface area contributed by atoms with Crippen LogP contribution in [0.5, 0.6) is 5.75 Å². The Kier molecular flexibility index (Phi) is 11.4. The maximum atomic E-state index is 14.1. The number of ether oxygens (including phenoxy) is 1. The predicted octanol–water partition coefficient (Wildman–Crippen LogP) is 2.52. The lowest BCUT2D eigenvalue weighted by Crippen LogP contribution is -2.46. The molecule has 2 aromatic carbocycles. The van der Waals surface area contributed by atoms with Crippen LogP contribution < -0.4 is 21.5 Å². The summed E-state index contributed by atoms with van der Waals surface area (Å²) < 4.78 is 33.5. The van der Waals surface area contributed by atoms with Gasteiger partial charge in [-0.15, -0.1) is 0 Å². The molecule has 3 unspecified atom stereocenters. The molecule has 0 aromatic heterocycles. The third kappa shape index (κ3) is 7.43. The van der Waals surface area contributed by atoms with E-state index >= 15 is 0 Å². The molecule has 1 aliphatic rings. The lowest BCUT2D eigenvalue weighted by molar-refractivity contribution is -0.133. The quantitative estimate of drug-likeness (QED) is 0.223. The fraction of sp³-hybridized carbons (Fsp3) is 0.516. The first-order valence-electron chi connectivity index (χ1n) is 14.3. The number of carbonyl (C=O) groups excluding carboxylic acids is 3. The number of aliphatic hydroxyl groups is 1. The highest BCUT2D eigenvalue weighted by atomic mass is 19.1. The van der Waals surface area contributed by atoms with Crippen molar-refractivity contribution in [2.45, 2.75) is 52.2 Å². The fourth-order valence-corrected chi connectivity index (χ4v) is 6.34. The summed E-state index contributed by atoms with van der Waals surface area (Å²) in [7, 11) is 1.55. The number of amides is 3. The van der Waals surface area contributed by atoms with Crippen LogP contribution in [0, 0.1) is 34.8 Å². The highest BCUT2D eigenvalue weighted by Gasteiger charge is 2.75. The van der Waals surface area contributed by atoms with E-state index in [1.165, 1.54) is 0 Å². The van der Waals surface area contributed by atoms with E-state index in [9.17, 15) is 28.3 Å². The Morgan fingerprint density at radius 2 is 1.69 bits per heavy atom. The first-order valence-corrected chi connectivity index (χ1v) is 14.3. The van der Waals surface area contributed by atoms with Gasteiger partial charge in [0.1, 0.15) is 17.4 Å². The highest BCUT2D eigenvalue weighted by molar-refractivity contribution is 5.97. The number of rotatable bonds is 17. The number of nitrogens with zero attached hydrogens (tertiary/aromatic N) is 1. The standard InChI is InChI=1S/C31H42F2N4O5/c1-4-9-37(10-5-2)27(39)16-25-28(29(34)40)31(25,30(35)41)24(14-20-11-21(32)15-22(33)12-20)26(38)18-36-17-19-7-6-8-23(13-19)42-3/h6-8,11-13,15,24-26,28,36,38H,4-5,9-10,14,16-18H2,1-3H3,(H2,34,40)(H2,35,41)/t24-,25?,26+,28?,31?/m1/s1. The molecule has 1 aliphatic carbocycles. The first kappa shape index (κ1) is 32.9. The molecule has 3 amide bonds. The molecule has 11 heteroatoms. The van der Waals surface area contributed by atoms with E-state index in [4.69, 9.17) is 16.2 Å². The molecule has 0 radical (unpaired) electrons. The topological polar surface area (TPSA) is 148 Å². The molecule has 0 spiro atoms. The van der Waals surface area contributed by atoms with Crippen molar-refractivity contribution in [2.75, 3.05) is 26.7 Å². The van der Waals surface area contributed by atoms with Crippen LogP contribution in [0.3, 0.4) is 0 Å². The third-order valence-electron chi connectivity index (χ3n) is 8.16. The molecule has 0 aliphatic heterocycles. The van der Waals surface area contributed by atoms with E-state index < -0.39 is 52.7 Å². The Morgan fingerprint density at radius 3 is 2.24 bits per heavy atom. The number of carbonyl (C=O) groups is 3. The molecule has 3 rings (SSSR count). The van der Waals surface area contributed by atoms with Gasteiger partial charge in [-0.1, -0.05) is 26.0 Å². The zero-order valence-corrected chi connectivity index (χ0v) is 24.4. The molecular weight excluding hydrogens is 546 g/mol. The smallest absolute Gasteiger partial charge is 0.225 e. The average Bonchev–Trinajstić information content (AvgIpc) is 3.60. The fourth-order valence-electron chi connectivity index (χ4n) is 6.34. The van der Waals surface area contributed by atoms with Gasteiger partial charge in [0, 0.05) is 44.6 Å². The van der Waals surface area contributed by atoms with E-state index in [2.05, 4.69) is 5.32 Å². The van der Waals surface area contributed by atoms with E-state index in [1.807, 2.05) is 32.0 Å². The number of aliphatic hydroxyl groups excluding tert-OH is 1. The number of halogens is 2. The molecule has 9 nitrogen and oxygen atoms in total. The van der Waals surface area contributed by atoms with Gasteiger partial charge in [-0.25, -0.2) is 8.78 Å². The maximum Gasteiger partial charge on any atom is 0.225 e. The van der Waals surface area contributed by atoms with Crippen LogP contribution in [0.15, 0.2) is 42.5 Å². The summed E-state index contributed by atoms with van der Waals surface area (Å²) in [6.07, 6.45) is -0.195. The molecule has 6 N–H and O–H groups in total. The first-order chi connectivity index (χ1) is 20.0. The second kappa shape index (κ2) is 14.6. The van der Waals surface area contributed by atoms with Gasteiger partial charge < -0.3 is 31.5 Å². The van der Waals surface area contributed by atoms with E-state index in [1.54, 1.807) is 18.1 Å². The molecule has 1 fully saturated rings. The summed E-state index contributed by atoms with van der Waals surface area (Å²) >= 11 is 0. The Balaban J connectivity index is 1.95. The number of primary amides is 2. The van der Waals surface area contributed by atoms with Crippen molar-refractivity contribution < 1.29 is 33.0 Å². The van der Waals surface area contributed by atoms with Crippen molar-refractivity contribution in [1.82, 2.24) is 10.2 Å². The SMILES string of the molecule is CCCN(CCC)C(=O)CC1C(C(N)=O)C1(C(N)=O)[C@H](Cc1cc(F)cc(F)c1)[C@@H](O)CNCc1cccc(OC)c1. The van der Waals surface area contributed by atoms with Gasteiger partial charge in [0.05, 0.1) is 24.5 Å². The van der Waals surface area contributed by atoms with Crippen molar-refractivity contribution >= 4 is 17.7 Å². The van der Waals surface area contributed by atoms with Gasteiger partial charge in [0.2, 0.25) is 17.7 Å². The van der Waals surface area contributed by atoms with Gasteiger partial charge in [-0.2, -0.15) is 0 Å². The van der Waals surface area contributed by atoms with E-state index in [0.29, 0.717) is 25.4 Å². The van der Waals surface area contributed by atoms with Crippen molar-refractivity contribution in [3.05, 3.63) is 65.2 Å².